The number of amides is 2. The Kier molecular flexibility index (Phi) is 4.30. The van der Waals surface area contributed by atoms with Gasteiger partial charge in [-0.2, -0.15) is 0 Å². The van der Waals surface area contributed by atoms with Crippen molar-refractivity contribution in [1.29, 1.82) is 0 Å². The van der Waals surface area contributed by atoms with Gasteiger partial charge in [0.05, 0.1) is 0 Å². The van der Waals surface area contributed by atoms with Crippen LogP contribution in [0.15, 0.2) is 0 Å². The SMILES string of the molecule is CC1CCCC(NC(=O)N2CCCCC2)C1C. The molecule has 2 fully saturated rings. The van der Waals surface area contributed by atoms with E-state index in [1.54, 1.807) is 0 Å². The Balaban J connectivity index is 1.84. The van der Waals surface area contributed by atoms with Gasteiger partial charge in [-0.25, -0.2) is 4.79 Å². The van der Waals surface area contributed by atoms with Crippen LogP contribution in [0.2, 0.25) is 0 Å². The highest BCUT2D eigenvalue weighted by Crippen LogP contribution is 2.29. The van der Waals surface area contributed by atoms with Crippen LogP contribution in [0.3, 0.4) is 0 Å². The lowest BCUT2D eigenvalue weighted by molar-refractivity contribution is 0.160. The van der Waals surface area contributed by atoms with Crippen molar-refractivity contribution in [2.75, 3.05) is 13.1 Å². The molecule has 2 aliphatic rings. The predicted molar refractivity (Wildman–Crippen MR) is 69.9 cm³/mol. The summed E-state index contributed by atoms with van der Waals surface area (Å²) in [5, 5.41) is 3.26. The molecule has 0 aromatic heterocycles. The van der Waals surface area contributed by atoms with Gasteiger partial charge in [-0.15, -0.1) is 0 Å². The Morgan fingerprint density at radius 1 is 1.06 bits per heavy atom. The average molecular weight is 238 g/mol. The fourth-order valence-electron chi connectivity index (χ4n) is 3.13. The van der Waals surface area contributed by atoms with Crippen molar-refractivity contribution in [3.05, 3.63) is 0 Å². The van der Waals surface area contributed by atoms with Gasteiger partial charge in [0.25, 0.3) is 0 Å². The summed E-state index contributed by atoms with van der Waals surface area (Å²) < 4.78 is 0. The number of likely N-dealkylation sites (tertiary alicyclic amines) is 1. The van der Waals surface area contributed by atoms with Crippen LogP contribution < -0.4 is 5.32 Å². The van der Waals surface area contributed by atoms with Crippen molar-refractivity contribution >= 4 is 6.03 Å². The Bertz CT molecular complexity index is 261. The van der Waals surface area contributed by atoms with E-state index < -0.39 is 0 Å². The molecule has 0 aromatic rings. The van der Waals surface area contributed by atoms with E-state index in [1.807, 2.05) is 4.90 Å². The molecule has 0 radical (unpaired) electrons. The summed E-state index contributed by atoms with van der Waals surface area (Å²) in [5.41, 5.74) is 0. The first-order chi connectivity index (χ1) is 8.18. The number of carbonyl (C=O) groups is 1. The number of urea groups is 1. The van der Waals surface area contributed by atoms with E-state index >= 15 is 0 Å². The van der Waals surface area contributed by atoms with Gasteiger partial charge in [0.1, 0.15) is 0 Å². The van der Waals surface area contributed by atoms with E-state index in [1.165, 1.54) is 32.1 Å². The highest BCUT2D eigenvalue weighted by Gasteiger charge is 2.29. The van der Waals surface area contributed by atoms with Crippen molar-refractivity contribution in [1.82, 2.24) is 10.2 Å². The summed E-state index contributed by atoms with van der Waals surface area (Å²) in [5.74, 6) is 1.37. The Labute approximate surface area is 105 Å². The third-order valence-electron chi connectivity index (χ3n) is 4.66. The van der Waals surface area contributed by atoms with Crippen LogP contribution in [0.25, 0.3) is 0 Å². The molecule has 3 nitrogen and oxygen atoms in total. The van der Waals surface area contributed by atoms with Crippen LogP contribution in [0.5, 0.6) is 0 Å². The fraction of sp³-hybridized carbons (Fsp3) is 0.929. The second kappa shape index (κ2) is 5.74. The van der Waals surface area contributed by atoms with Crippen molar-refractivity contribution in [3.63, 3.8) is 0 Å². The third kappa shape index (κ3) is 3.14. The molecule has 1 aliphatic heterocycles. The van der Waals surface area contributed by atoms with Crippen LogP contribution in [0.4, 0.5) is 4.79 Å². The molecule has 3 unspecified atom stereocenters. The number of nitrogens with one attached hydrogen (secondary N) is 1. The molecule has 98 valence electrons. The van der Waals surface area contributed by atoms with Gasteiger partial charge in [0.15, 0.2) is 0 Å². The minimum atomic E-state index is 0.177. The third-order valence-corrected chi connectivity index (χ3v) is 4.66. The maximum Gasteiger partial charge on any atom is 0.317 e. The Morgan fingerprint density at radius 2 is 1.76 bits per heavy atom. The molecule has 1 N–H and O–H groups in total. The van der Waals surface area contributed by atoms with Gasteiger partial charge < -0.3 is 10.2 Å². The van der Waals surface area contributed by atoms with E-state index in [2.05, 4.69) is 19.2 Å². The number of carbonyl (C=O) groups excluding carboxylic acids is 1. The molecule has 1 saturated heterocycles. The second-order valence-corrected chi connectivity index (χ2v) is 5.87. The minimum absolute atomic E-state index is 0.177. The van der Waals surface area contributed by atoms with E-state index in [0.717, 1.165) is 25.4 Å². The van der Waals surface area contributed by atoms with Gasteiger partial charge in [0, 0.05) is 19.1 Å². The monoisotopic (exact) mass is 238 g/mol. The molecular formula is C14H26N2O. The molecule has 3 heteroatoms. The van der Waals surface area contributed by atoms with Gasteiger partial charge in [-0.1, -0.05) is 26.7 Å². The Morgan fingerprint density at radius 3 is 2.47 bits per heavy atom. The first kappa shape index (κ1) is 12.7. The fourth-order valence-corrected chi connectivity index (χ4v) is 3.13. The quantitative estimate of drug-likeness (QED) is 0.748. The number of piperidine rings is 1. The lowest BCUT2D eigenvalue weighted by atomic mass is 9.78. The molecule has 2 amide bonds. The summed E-state index contributed by atoms with van der Waals surface area (Å²) in [6.45, 7) is 6.49. The Hall–Kier alpha value is -0.730. The van der Waals surface area contributed by atoms with Gasteiger partial charge in [-0.05, 0) is 37.5 Å². The van der Waals surface area contributed by atoms with Crippen LogP contribution in [-0.4, -0.2) is 30.1 Å². The predicted octanol–water partition coefficient (Wildman–Crippen LogP) is 3.01. The van der Waals surface area contributed by atoms with Crippen molar-refractivity contribution in [2.24, 2.45) is 11.8 Å². The van der Waals surface area contributed by atoms with E-state index in [0.29, 0.717) is 12.0 Å². The molecule has 1 saturated carbocycles. The molecule has 0 aromatic carbocycles. The normalized spacial score (nSPS) is 34.5. The van der Waals surface area contributed by atoms with E-state index in [4.69, 9.17) is 0 Å². The standard InChI is InChI=1S/C14H26N2O/c1-11-7-6-8-13(12(11)2)15-14(17)16-9-4-3-5-10-16/h11-13H,3-10H2,1-2H3,(H,15,17). The largest absolute Gasteiger partial charge is 0.335 e. The topological polar surface area (TPSA) is 32.3 Å². The van der Waals surface area contributed by atoms with Gasteiger partial charge in [-0.3, -0.25) is 0 Å². The summed E-state index contributed by atoms with van der Waals surface area (Å²) in [4.78, 5) is 14.1. The van der Waals surface area contributed by atoms with Crippen molar-refractivity contribution < 1.29 is 4.79 Å². The molecule has 1 heterocycles. The molecule has 0 spiro atoms. The zero-order valence-electron chi connectivity index (χ0n) is 11.2. The smallest absolute Gasteiger partial charge is 0.317 e. The van der Waals surface area contributed by atoms with Crippen molar-refractivity contribution in [3.8, 4) is 0 Å². The molecule has 1 aliphatic carbocycles. The van der Waals surface area contributed by atoms with Gasteiger partial charge >= 0.3 is 6.03 Å². The van der Waals surface area contributed by atoms with Crippen molar-refractivity contribution in [2.45, 2.75) is 58.4 Å². The number of hydrogen-bond acceptors (Lipinski definition) is 1. The second-order valence-electron chi connectivity index (χ2n) is 5.87. The molecular weight excluding hydrogens is 212 g/mol. The lowest BCUT2D eigenvalue weighted by Crippen LogP contribution is -2.50. The molecule has 3 atom stereocenters. The zero-order valence-corrected chi connectivity index (χ0v) is 11.2. The summed E-state index contributed by atoms with van der Waals surface area (Å²) in [7, 11) is 0. The average Bonchev–Trinajstić information content (AvgIpc) is 2.36. The molecule has 2 rings (SSSR count). The van der Waals surface area contributed by atoms with Crippen LogP contribution in [0.1, 0.15) is 52.4 Å². The number of hydrogen-bond donors (Lipinski definition) is 1. The lowest BCUT2D eigenvalue weighted by Gasteiger charge is -2.36. The van der Waals surface area contributed by atoms with Crippen LogP contribution >= 0.6 is 0 Å². The molecule has 17 heavy (non-hydrogen) atoms. The first-order valence-corrected chi connectivity index (χ1v) is 7.24. The van der Waals surface area contributed by atoms with Gasteiger partial charge in [0.2, 0.25) is 0 Å². The summed E-state index contributed by atoms with van der Waals surface area (Å²) in [6.07, 6.45) is 7.35. The summed E-state index contributed by atoms with van der Waals surface area (Å²) >= 11 is 0. The first-order valence-electron chi connectivity index (χ1n) is 7.24. The van der Waals surface area contributed by atoms with Crippen LogP contribution in [0, 0.1) is 11.8 Å². The van der Waals surface area contributed by atoms with E-state index in [9.17, 15) is 4.79 Å². The highest BCUT2D eigenvalue weighted by molar-refractivity contribution is 5.74. The number of nitrogens with zero attached hydrogens (tertiary/aromatic N) is 1. The maximum absolute atomic E-state index is 12.1. The maximum atomic E-state index is 12.1. The van der Waals surface area contributed by atoms with Crippen LogP contribution in [-0.2, 0) is 0 Å². The number of rotatable bonds is 1. The summed E-state index contributed by atoms with van der Waals surface area (Å²) in [6, 6.07) is 0.573. The highest BCUT2D eigenvalue weighted by atomic mass is 16.2. The van der Waals surface area contributed by atoms with E-state index in [-0.39, 0.29) is 6.03 Å². The zero-order chi connectivity index (χ0) is 12.3. The molecule has 0 bridgehead atoms. The minimum Gasteiger partial charge on any atom is -0.335 e.